The Morgan fingerprint density at radius 1 is 1.16 bits per heavy atom. The number of alkyl halides is 3. The molecule has 0 spiro atoms. The number of nitrogens with one attached hydrogen (secondary N) is 2. The fourth-order valence-electron chi connectivity index (χ4n) is 3.30. The van der Waals surface area contributed by atoms with Crippen molar-refractivity contribution in [3.05, 3.63) is 71.3 Å². The summed E-state index contributed by atoms with van der Waals surface area (Å²) in [5.74, 6) is -1.94. The molecule has 2 heterocycles. The van der Waals surface area contributed by atoms with Crippen molar-refractivity contribution in [3.8, 4) is 11.1 Å². The number of benzene rings is 2. The van der Waals surface area contributed by atoms with Gasteiger partial charge in [0.15, 0.2) is 0 Å². The molecule has 4 aromatic rings. The summed E-state index contributed by atoms with van der Waals surface area (Å²) in [4.78, 5) is 17.0. The topological polar surface area (TPSA) is 121 Å². The lowest BCUT2D eigenvalue weighted by molar-refractivity contribution is -0.192. The average molecular weight is 445 g/mol. The summed E-state index contributed by atoms with van der Waals surface area (Å²) in [6.45, 7) is 4.05. The van der Waals surface area contributed by atoms with Gasteiger partial charge in [0.1, 0.15) is 5.82 Å². The minimum Gasteiger partial charge on any atom is -0.475 e. The van der Waals surface area contributed by atoms with Crippen molar-refractivity contribution in [2.45, 2.75) is 32.5 Å². The molecule has 0 aliphatic heterocycles. The van der Waals surface area contributed by atoms with E-state index in [-0.39, 0.29) is 6.04 Å². The molecule has 1 atom stereocenters. The zero-order valence-electron chi connectivity index (χ0n) is 17.4. The molecule has 0 radical (unpaired) electrons. The first-order valence-electron chi connectivity index (χ1n) is 9.67. The van der Waals surface area contributed by atoms with E-state index in [2.05, 4.69) is 44.4 Å². The van der Waals surface area contributed by atoms with Crippen molar-refractivity contribution < 1.29 is 23.1 Å². The lowest BCUT2D eigenvalue weighted by Gasteiger charge is -2.08. The number of hydrogen-bond acceptors (Lipinski definition) is 4. The SMILES string of the molecule is Cc1n[nH]c(C)c1-c1ccc2nc(C(N)Cc3ccccc3)[nH]c2c1.O=C(O)C(F)(F)F. The molecule has 2 aromatic heterocycles. The summed E-state index contributed by atoms with van der Waals surface area (Å²) >= 11 is 0. The van der Waals surface area contributed by atoms with Crippen LogP contribution in [0.2, 0.25) is 0 Å². The Balaban J connectivity index is 0.000000360. The normalized spacial score (nSPS) is 12.3. The van der Waals surface area contributed by atoms with Crippen LogP contribution >= 0.6 is 0 Å². The summed E-state index contributed by atoms with van der Waals surface area (Å²) in [5, 5.41) is 14.4. The molecule has 4 rings (SSSR count). The number of rotatable bonds is 4. The zero-order valence-corrected chi connectivity index (χ0v) is 17.4. The number of carboxylic acid groups (broad SMARTS) is 1. The van der Waals surface area contributed by atoms with Gasteiger partial charge in [-0.3, -0.25) is 5.10 Å². The van der Waals surface area contributed by atoms with Gasteiger partial charge in [0.05, 0.1) is 22.8 Å². The second-order valence-electron chi connectivity index (χ2n) is 7.26. The van der Waals surface area contributed by atoms with Gasteiger partial charge in [-0.1, -0.05) is 36.4 Å². The standard InChI is InChI=1S/C20H21N5.C2HF3O2/c1-12-19(13(2)25-24-12)15-8-9-17-18(11-15)23-20(22-17)16(21)10-14-6-4-3-5-7-14;3-2(4,5)1(6)7/h3-9,11,16H,10,21H2,1-2H3,(H,22,23)(H,24,25);(H,6,7). The van der Waals surface area contributed by atoms with E-state index in [1.807, 2.05) is 38.1 Å². The van der Waals surface area contributed by atoms with Crippen molar-refractivity contribution in [1.82, 2.24) is 20.2 Å². The molecule has 7 nitrogen and oxygen atoms in total. The number of nitrogens with two attached hydrogens (primary N) is 1. The van der Waals surface area contributed by atoms with E-state index >= 15 is 0 Å². The molecule has 0 aliphatic rings. The predicted molar refractivity (Wildman–Crippen MR) is 114 cm³/mol. The molecular formula is C22H22F3N5O2. The Kier molecular flexibility index (Phi) is 6.64. The van der Waals surface area contributed by atoms with Gasteiger partial charge < -0.3 is 15.8 Å². The third-order valence-electron chi connectivity index (χ3n) is 4.81. The minimum atomic E-state index is -5.08. The number of H-pyrrole nitrogens is 2. The van der Waals surface area contributed by atoms with Crippen molar-refractivity contribution in [1.29, 1.82) is 0 Å². The van der Waals surface area contributed by atoms with Gasteiger partial charge in [0.25, 0.3) is 0 Å². The summed E-state index contributed by atoms with van der Waals surface area (Å²) in [7, 11) is 0. The molecule has 0 saturated heterocycles. The Morgan fingerprint density at radius 3 is 2.38 bits per heavy atom. The van der Waals surface area contributed by atoms with Crippen LogP contribution in [0.4, 0.5) is 13.2 Å². The van der Waals surface area contributed by atoms with Gasteiger partial charge in [-0.2, -0.15) is 18.3 Å². The number of aromatic amines is 2. The number of carbonyl (C=O) groups is 1. The molecule has 0 fully saturated rings. The maximum absolute atomic E-state index is 10.6. The number of hydrogen-bond donors (Lipinski definition) is 4. The number of aromatic nitrogens is 4. The number of fused-ring (bicyclic) bond motifs is 1. The van der Waals surface area contributed by atoms with Crippen LogP contribution in [0, 0.1) is 13.8 Å². The highest BCUT2D eigenvalue weighted by Crippen LogP contribution is 2.28. The number of imidazole rings is 1. The Morgan fingerprint density at radius 2 is 1.81 bits per heavy atom. The van der Waals surface area contributed by atoms with Crippen molar-refractivity contribution >= 4 is 17.0 Å². The molecule has 0 saturated carbocycles. The fraction of sp³-hybridized carbons (Fsp3) is 0.227. The van der Waals surface area contributed by atoms with Gasteiger partial charge in [-0.05, 0) is 43.5 Å². The third kappa shape index (κ3) is 5.33. The van der Waals surface area contributed by atoms with Crippen LogP contribution in [0.5, 0.6) is 0 Å². The molecule has 168 valence electrons. The number of aryl methyl sites for hydroxylation is 2. The summed E-state index contributed by atoms with van der Waals surface area (Å²) in [6.07, 6.45) is -4.33. The summed E-state index contributed by atoms with van der Waals surface area (Å²) in [6, 6.07) is 16.3. The number of aliphatic carboxylic acids is 1. The first-order chi connectivity index (χ1) is 15.1. The first kappa shape index (κ1) is 23.0. The van der Waals surface area contributed by atoms with Gasteiger partial charge in [0, 0.05) is 11.3 Å². The third-order valence-corrected chi connectivity index (χ3v) is 4.81. The second kappa shape index (κ2) is 9.23. The Hall–Kier alpha value is -3.66. The van der Waals surface area contributed by atoms with E-state index in [4.69, 9.17) is 15.6 Å². The average Bonchev–Trinajstić information content (AvgIpc) is 3.31. The van der Waals surface area contributed by atoms with Crippen LogP contribution in [-0.2, 0) is 11.2 Å². The number of halogens is 3. The van der Waals surface area contributed by atoms with Gasteiger partial charge in [0.2, 0.25) is 0 Å². The lowest BCUT2D eigenvalue weighted by atomic mass is 10.0. The van der Waals surface area contributed by atoms with Gasteiger partial charge >= 0.3 is 12.1 Å². The molecule has 0 aliphatic carbocycles. The maximum Gasteiger partial charge on any atom is 0.490 e. The quantitative estimate of drug-likeness (QED) is 0.370. The van der Waals surface area contributed by atoms with Crippen LogP contribution in [0.1, 0.15) is 28.8 Å². The Bertz CT molecular complexity index is 1200. The molecule has 1 unspecified atom stereocenters. The number of carboxylic acids is 1. The summed E-state index contributed by atoms with van der Waals surface area (Å²) < 4.78 is 31.7. The van der Waals surface area contributed by atoms with Gasteiger partial charge in [-0.15, -0.1) is 0 Å². The van der Waals surface area contributed by atoms with E-state index in [1.54, 1.807) is 0 Å². The molecule has 32 heavy (non-hydrogen) atoms. The molecule has 0 bridgehead atoms. The van der Waals surface area contributed by atoms with Crippen molar-refractivity contribution in [3.63, 3.8) is 0 Å². The van der Waals surface area contributed by atoms with Gasteiger partial charge in [-0.25, -0.2) is 9.78 Å². The first-order valence-corrected chi connectivity index (χ1v) is 9.67. The van der Waals surface area contributed by atoms with E-state index in [1.165, 1.54) is 5.56 Å². The smallest absolute Gasteiger partial charge is 0.475 e. The fourth-order valence-corrected chi connectivity index (χ4v) is 3.30. The molecule has 10 heteroatoms. The van der Waals surface area contributed by atoms with E-state index in [9.17, 15) is 13.2 Å². The van der Waals surface area contributed by atoms with Crippen LogP contribution in [0.3, 0.4) is 0 Å². The monoisotopic (exact) mass is 445 g/mol. The highest BCUT2D eigenvalue weighted by molar-refractivity contribution is 5.83. The van der Waals surface area contributed by atoms with E-state index < -0.39 is 12.1 Å². The van der Waals surface area contributed by atoms with Crippen LogP contribution < -0.4 is 5.73 Å². The predicted octanol–water partition coefficient (Wildman–Crippen LogP) is 4.45. The molecule has 0 amide bonds. The van der Waals surface area contributed by atoms with Crippen LogP contribution in [-0.4, -0.2) is 37.4 Å². The zero-order chi connectivity index (χ0) is 23.5. The Labute approximate surface area is 181 Å². The maximum atomic E-state index is 10.6. The highest BCUT2D eigenvalue weighted by atomic mass is 19.4. The van der Waals surface area contributed by atoms with Crippen molar-refractivity contribution in [2.24, 2.45) is 5.73 Å². The molecule has 2 aromatic carbocycles. The summed E-state index contributed by atoms with van der Waals surface area (Å²) in [5.41, 5.74) is 13.8. The van der Waals surface area contributed by atoms with E-state index in [0.29, 0.717) is 0 Å². The van der Waals surface area contributed by atoms with Crippen LogP contribution in [0.25, 0.3) is 22.2 Å². The lowest BCUT2D eigenvalue weighted by Crippen LogP contribution is -2.21. The largest absolute Gasteiger partial charge is 0.490 e. The minimum absolute atomic E-state index is 0.157. The van der Waals surface area contributed by atoms with Crippen LogP contribution in [0.15, 0.2) is 48.5 Å². The number of nitrogens with zero attached hydrogens (tertiary/aromatic N) is 2. The molecule has 5 N–H and O–H groups in total. The molecular weight excluding hydrogens is 423 g/mol. The van der Waals surface area contributed by atoms with E-state index in [0.717, 1.165) is 45.8 Å². The van der Waals surface area contributed by atoms with Crippen molar-refractivity contribution in [2.75, 3.05) is 0 Å². The second-order valence-corrected chi connectivity index (χ2v) is 7.26. The highest BCUT2D eigenvalue weighted by Gasteiger charge is 2.38.